The Labute approximate surface area is 148 Å². The molecule has 1 aromatic rings. The standard InChI is InChI=1S/C12H21N3O7S2/c1-13-10(16)14(2-4-19-21-6-8-23)12(18)15(11(13)17)3-5-20-22-7-9-24/h23-24H,2-9H2,1H3. The van der Waals surface area contributed by atoms with Crippen molar-refractivity contribution in [1.82, 2.24) is 13.7 Å². The third-order valence-electron chi connectivity index (χ3n) is 2.81. The Kier molecular flexibility index (Phi) is 10.1. The highest BCUT2D eigenvalue weighted by molar-refractivity contribution is 7.80. The summed E-state index contributed by atoms with van der Waals surface area (Å²) >= 11 is 7.88. The summed E-state index contributed by atoms with van der Waals surface area (Å²) in [6, 6.07) is 0. The van der Waals surface area contributed by atoms with Gasteiger partial charge < -0.3 is 0 Å². The molecule has 0 N–H and O–H groups in total. The van der Waals surface area contributed by atoms with Crippen molar-refractivity contribution in [3.63, 3.8) is 0 Å². The van der Waals surface area contributed by atoms with Gasteiger partial charge in [0.1, 0.15) is 13.2 Å². The average Bonchev–Trinajstić information content (AvgIpc) is 2.58. The largest absolute Gasteiger partial charge is 0.336 e. The Morgan fingerprint density at radius 2 is 1.08 bits per heavy atom. The van der Waals surface area contributed by atoms with E-state index in [2.05, 4.69) is 25.3 Å². The number of aromatic nitrogens is 3. The fourth-order valence-corrected chi connectivity index (χ4v) is 1.85. The third kappa shape index (κ3) is 6.11. The molecule has 1 rings (SSSR count). The third-order valence-corrected chi connectivity index (χ3v) is 3.17. The predicted molar refractivity (Wildman–Crippen MR) is 91.7 cm³/mol. The van der Waals surface area contributed by atoms with Crippen LogP contribution in [0.4, 0.5) is 0 Å². The lowest BCUT2D eigenvalue weighted by Gasteiger charge is -2.11. The average molecular weight is 383 g/mol. The van der Waals surface area contributed by atoms with Gasteiger partial charge in [-0.05, 0) is 0 Å². The van der Waals surface area contributed by atoms with Crippen molar-refractivity contribution in [1.29, 1.82) is 0 Å². The quantitative estimate of drug-likeness (QED) is 0.195. The Morgan fingerprint density at radius 1 is 0.708 bits per heavy atom. The second-order valence-corrected chi connectivity index (χ2v) is 5.34. The summed E-state index contributed by atoms with van der Waals surface area (Å²) in [5.41, 5.74) is -2.21. The Morgan fingerprint density at radius 3 is 1.46 bits per heavy atom. The van der Waals surface area contributed by atoms with Gasteiger partial charge in [0, 0.05) is 18.6 Å². The highest BCUT2D eigenvalue weighted by atomic mass is 32.1. The summed E-state index contributed by atoms with van der Waals surface area (Å²) in [7, 11) is 1.29. The molecule has 10 nitrogen and oxygen atoms in total. The number of rotatable bonds is 12. The lowest BCUT2D eigenvalue weighted by Crippen LogP contribution is -2.54. The molecule has 12 heteroatoms. The van der Waals surface area contributed by atoms with Crippen LogP contribution in [0.1, 0.15) is 0 Å². The van der Waals surface area contributed by atoms with E-state index in [1.807, 2.05) is 0 Å². The molecule has 0 bridgehead atoms. The summed E-state index contributed by atoms with van der Waals surface area (Å²) in [5.74, 6) is 0.948. The first kappa shape index (κ1) is 21.0. The fraction of sp³-hybridized carbons (Fsp3) is 0.750. The van der Waals surface area contributed by atoms with Crippen LogP contribution in [-0.4, -0.2) is 51.6 Å². The SMILES string of the molecule is Cn1c(=O)n(CCOOCCS)c(=O)n(CCOOCCS)c1=O. The van der Waals surface area contributed by atoms with Gasteiger partial charge in [0.2, 0.25) is 0 Å². The van der Waals surface area contributed by atoms with E-state index in [0.29, 0.717) is 11.5 Å². The molecule has 0 aliphatic heterocycles. The zero-order chi connectivity index (χ0) is 17.9. The van der Waals surface area contributed by atoms with Crippen LogP contribution in [0, 0.1) is 0 Å². The molecule has 0 saturated carbocycles. The van der Waals surface area contributed by atoms with Gasteiger partial charge in [0.15, 0.2) is 0 Å². The van der Waals surface area contributed by atoms with Crippen molar-refractivity contribution in [3.8, 4) is 0 Å². The molecular formula is C12H21N3O7S2. The van der Waals surface area contributed by atoms with E-state index in [9.17, 15) is 14.4 Å². The minimum Gasteiger partial charge on any atom is -0.248 e. The maximum atomic E-state index is 12.3. The summed E-state index contributed by atoms with van der Waals surface area (Å²) in [5, 5.41) is 0. The van der Waals surface area contributed by atoms with Gasteiger partial charge in [-0.1, -0.05) is 0 Å². The normalized spacial score (nSPS) is 11.1. The zero-order valence-corrected chi connectivity index (χ0v) is 15.0. The van der Waals surface area contributed by atoms with E-state index < -0.39 is 17.1 Å². The first-order chi connectivity index (χ1) is 11.5. The summed E-state index contributed by atoms with van der Waals surface area (Å²) in [6.07, 6.45) is 0. The lowest BCUT2D eigenvalue weighted by molar-refractivity contribution is -0.292. The van der Waals surface area contributed by atoms with Crippen LogP contribution in [-0.2, 0) is 39.7 Å². The second-order valence-electron chi connectivity index (χ2n) is 4.45. The van der Waals surface area contributed by atoms with Crippen molar-refractivity contribution in [2.45, 2.75) is 13.1 Å². The first-order valence-electron chi connectivity index (χ1n) is 7.15. The second kappa shape index (κ2) is 11.5. The number of thiol groups is 2. The summed E-state index contributed by atoms with van der Waals surface area (Å²) in [6.45, 7) is 0.383. The molecule has 0 aliphatic rings. The van der Waals surface area contributed by atoms with Gasteiger partial charge in [-0.2, -0.15) is 25.3 Å². The van der Waals surface area contributed by atoms with Crippen molar-refractivity contribution < 1.29 is 19.6 Å². The highest BCUT2D eigenvalue weighted by Gasteiger charge is 2.13. The van der Waals surface area contributed by atoms with Gasteiger partial charge >= 0.3 is 17.1 Å². The Bertz CT molecular complexity index is 618. The zero-order valence-electron chi connectivity index (χ0n) is 13.3. The Hall–Kier alpha value is -1.05. The minimum absolute atomic E-state index is 0.0251. The van der Waals surface area contributed by atoms with Gasteiger partial charge in [-0.3, -0.25) is 0 Å². The van der Waals surface area contributed by atoms with E-state index >= 15 is 0 Å². The minimum atomic E-state index is -0.751. The molecule has 0 aromatic carbocycles. The van der Waals surface area contributed by atoms with Crippen LogP contribution in [0.5, 0.6) is 0 Å². The van der Waals surface area contributed by atoms with Crippen LogP contribution in [0.2, 0.25) is 0 Å². The topological polar surface area (TPSA) is 103 Å². The van der Waals surface area contributed by atoms with Crippen molar-refractivity contribution in [2.75, 3.05) is 37.9 Å². The van der Waals surface area contributed by atoms with Gasteiger partial charge in [-0.25, -0.2) is 47.6 Å². The van der Waals surface area contributed by atoms with E-state index in [0.717, 1.165) is 13.7 Å². The molecule has 0 spiro atoms. The molecule has 24 heavy (non-hydrogen) atoms. The van der Waals surface area contributed by atoms with Crippen molar-refractivity contribution >= 4 is 25.3 Å². The number of hydrogen-bond donors (Lipinski definition) is 2. The molecule has 0 radical (unpaired) electrons. The van der Waals surface area contributed by atoms with E-state index in [1.165, 1.54) is 7.05 Å². The van der Waals surface area contributed by atoms with Crippen molar-refractivity contribution in [2.24, 2.45) is 7.05 Å². The highest BCUT2D eigenvalue weighted by Crippen LogP contribution is 1.85. The van der Waals surface area contributed by atoms with Crippen LogP contribution >= 0.6 is 25.3 Å². The molecule has 0 unspecified atom stereocenters. The van der Waals surface area contributed by atoms with E-state index in [1.54, 1.807) is 0 Å². The van der Waals surface area contributed by atoms with Gasteiger partial charge in [0.05, 0.1) is 26.3 Å². The first-order valence-corrected chi connectivity index (χ1v) is 8.42. The fourth-order valence-electron chi connectivity index (χ4n) is 1.70. The van der Waals surface area contributed by atoms with Crippen molar-refractivity contribution in [3.05, 3.63) is 31.5 Å². The van der Waals surface area contributed by atoms with Crippen LogP contribution in [0.25, 0.3) is 0 Å². The molecule has 138 valence electrons. The lowest BCUT2D eigenvalue weighted by atomic mass is 10.6. The molecule has 0 aliphatic carbocycles. The van der Waals surface area contributed by atoms with Crippen LogP contribution in [0.15, 0.2) is 14.4 Å². The molecule has 1 aromatic heterocycles. The molecule has 1 heterocycles. The maximum absolute atomic E-state index is 12.3. The summed E-state index contributed by atoms with van der Waals surface area (Å²) in [4.78, 5) is 55.5. The smallest absolute Gasteiger partial charge is 0.248 e. The molecule has 0 fully saturated rings. The monoisotopic (exact) mass is 383 g/mol. The molecular weight excluding hydrogens is 362 g/mol. The molecule has 0 atom stereocenters. The van der Waals surface area contributed by atoms with E-state index in [-0.39, 0.29) is 39.5 Å². The molecule has 0 amide bonds. The number of nitrogens with zero attached hydrogens (tertiary/aromatic N) is 3. The maximum Gasteiger partial charge on any atom is 0.336 e. The predicted octanol–water partition coefficient (Wildman–Crippen LogP) is -1.54. The Balaban J connectivity index is 2.82. The van der Waals surface area contributed by atoms with Crippen LogP contribution < -0.4 is 17.1 Å². The molecule has 0 saturated heterocycles. The van der Waals surface area contributed by atoms with Gasteiger partial charge in [0.25, 0.3) is 0 Å². The summed E-state index contributed by atoms with van der Waals surface area (Å²) < 4.78 is 2.62. The number of hydrogen-bond acceptors (Lipinski definition) is 9. The van der Waals surface area contributed by atoms with E-state index in [4.69, 9.17) is 19.6 Å². The van der Waals surface area contributed by atoms with Crippen LogP contribution in [0.3, 0.4) is 0 Å². The van der Waals surface area contributed by atoms with Gasteiger partial charge in [-0.15, -0.1) is 0 Å².